The SMILES string of the molecule is N\C=C/C(=C\N)C(/Br)=N/OCC(O)CN1CCCCC1. The molecule has 0 spiro atoms. The van der Waals surface area contributed by atoms with Crippen molar-refractivity contribution in [3.8, 4) is 0 Å². The highest BCUT2D eigenvalue weighted by Gasteiger charge is 2.14. The summed E-state index contributed by atoms with van der Waals surface area (Å²) in [5, 5.41) is 13.7. The first kappa shape index (κ1) is 17.0. The van der Waals surface area contributed by atoms with Gasteiger partial charge in [-0.2, -0.15) is 0 Å². The van der Waals surface area contributed by atoms with Crippen LogP contribution in [-0.2, 0) is 4.84 Å². The van der Waals surface area contributed by atoms with Gasteiger partial charge in [-0.25, -0.2) is 0 Å². The van der Waals surface area contributed by atoms with Crippen molar-refractivity contribution in [2.24, 2.45) is 16.6 Å². The number of likely N-dealkylation sites (tertiary alicyclic amines) is 1. The Morgan fingerprint density at radius 1 is 1.35 bits per heavy atom. The largest absolute Gasteiger partial charge is 0.405 e. The maximum Gasteiger partial charge on any atom is 0.154 e. The summed E-state index contributed by atoms with van der Waals surface area (Å²) in [7, 11) is 0. The highest BCUT2D eigenvalue weighted by Crippen LogP contribution is 2.09. The molecule has 0 aromatic rings. The van der Waals surface area contributed by atoms with Gasteiger partial charge in [-0.1, -0.05) is 11.6 Å². The van der Waals surface area contributed by atoms with E-state index in [1.807, 2.05) is 0 Å². The van der Waals surface area contributed by atoms with Crippen LogP contribution in [0.2, 0.25) is 0 Å². The van der Waals surface area contributed by atoms with E-state index >= 15 is 0 Å². The minimum atomic E-state index is -0.549. The number of nitrogens with zero attached hydrogens (tertiary/aromatic N) is 2. The predicted octanol–water partition coefficient (Wildman–Crippen LogP) is 0.873. The number of aliphatic hydroxyl groups excluding tert-OH is 1. The first-order valence-electron chi connectivity index (χ1n) is 6.73. The summed E-state index contributed by atoms with van der Waals surface area (Å²) >= 11 is 3.23. The Morgan fingerprint density at radius 3 is 2.65 bits per heavy atom. The van der Waals surface area contributed by atoms with Crippen LogP contribution < -0.4 is 11.5 Å². The first-order valence-corrected chi connectivity index (χ1v) is 7.53. The Morgan fingerprint density at radius 2 is 2.05 bits per heavy atom. The number of hydrogen-bond donors (Lipinski definition) is 3. The van der Waals surface area contributed by atoms with Gasteiger partial charge < -0.3 is 26.3 Å². The van der Waals surface area contributed by atoms with Crippen LogP contribution in [0.15, 0.2) is 29.2 Å². The lowest BCUT2D eigenvalue weighted by molar-refractivity contribution is 0.0162. The van der Waals surface area contributed by atoms with Gasteiger partial charge in [0.25, 0.3) is 0 Å². The molecule has 0 aromatic carbocycles. The second kappa shape index (κ2) is 9.79. The van der Waals surface area contributed by atoms with Crippen molar-refractivity contribution in [1.29, 1.82) is 0 Å². The molecule has 0 radical (unpaired) electrons. The van der Waals surface area contributed by atoms with E-state index in [1.54, 1.807) is 6.08 Å². The lowest BCUT2D eigenvalue weighted by atomic mass is 10.1. The third-order valence-electron chi connectivity index (χ3n) is 3.02. The number of nitrogens with two attached hydrogens (primary N) is 2. The third kappa shape index (κ3) is 6.40. The van der Waals surface area contributed by atoms with E-state index in [4.69, 9.17) is 16.3 Å². The predicted molar refractivity (Wildman–Crippen MR) is 84.2 cm³/mol. The normalized spacial score (nSPS) is 20.3. The van der Waals surface area contributed by atoms with Crippen molar-refractivity contribution >= 4 is 20.6 Å². The van der Waals surface area contributed by atoms with Crippen molar-refractivity contribution in [3.05, 3.63) is 24.0 Å². The average molecular weight is 347 g/mol. The molecular formula is C13H23BrN4O2. The molecule has 1 aliphatic rings. The second-order valence-corrected chi connectivity index (χ2v) is 5.43. The summed E-state index contributed by atoms with van der Waals surface area (Å²) in [4.78, 5) is 7.37. The Labute approximate surface area is 128 Å². The van der Waals surface area contributed by atoms with Gasteiger partial charge >= 0.3 is 0 Å². The van der Waals surface area contributed by atoms with E-state index in [1.165, 1.54) is 31.7 Å². The summed E-state index contributed by atoms with van der Waals surface area (Å²) in [6, 6.07) is 0. The number of aliphatic hydroxyl groups is 1. The Balaban J connectivity index is 2.31. The van der Waals surface area contributed by atoms with Crippen LogP contribution in [0, 0.1) is 0 Å². The highest BCUT2D eigenvalue weighted by atomic mass is 79.9. The van der Waals surface area contributed by atoms with Crippen molar-refractivity contribution in [3.63, 3.8) is 0 Å². The van der Waals surface area contributed by atoms with Crippen LogP contribution in [0.5, 0.6) is 0 Å². The van der Waals surface area contributed by atoms with Crippen molar-refractivity contribution in [1.82, 2.24) is 4.90 Å². The molecule has 1 fully saturated rings. The molecule has 1 saturated heterocycles. The second-order valence-electron chi connectivity index (χ2n) is 4.67. The molecule has 0 aliphatic carbocycles. The minimum absolute atomic E-state index is 0.149. The quantitative estimate of drug-likeness (QED) is 0.361. The molecule has 1 unspecified atom stereocenters. The van der Waals surface area contributed by atoms with Crippen LogP contribution in [0.25, 0.3) is 0 Å². The van der Waals surface area contributed by atoms with Crippen LogP contribution >= 0.6 is 15.9 Å². The summed E-state index contributed by atoms with van der Waals surface area (Å²) in [6.07, 6.45) is 7.46. The summed E-state index contributed by atoms with van der Waals surface area (Å²) in [5.74, 6) is 0. The van der Waals surface area contributed by atoms with E-state index in [0.717, 1.165) is 13.1 Å². The van der Waals surface area contributed by atoms with Gasteiger partial charge in [0.2, 0.25) is 0 Å². The van der Waals surface area contributed by atoms with E-state index in [2.05, 4.69) is 26.0 Å². The van der Waals surface area contributed by atoms with Gasteiger partial charge in [-0.15, -0.1) is 0 Å². The van der Waals surface area contributed by atoms with E-state index in [-0.39, 0.29) is 6.61 Å². The van der Waals surface area contributed by atoms with E-state index in [9.17, 15) is 5.11 Å². The summed E-state index contributed by atoms with van der Waals surface area (Å²) < 4.78 is 0.437. The molecular weight excluding hydrogens is 324 g/mol. The molecule has 6 nitrogen and oxygen atoms in total. The third-order valence-corrected chi connectivity index (χ3v) is 3.63. The van der Waals surface area contributed by atoms with Gasteiger partial charge in [0.15, 0.2) is 4.62 Å². The molecule has 0 bridgehead atoms. The molecule has 5 N–H and O–H groups in total. The maximum absolute atomic E-state index is 9.89. The number of oxime groups is 1. The van der Waals surface area contributed by atoms with Crippen LogP contribution in [0.1, 0.15) is 19.3 Å². The summed E-state index contributed by atoms with van der Waals surface area (Å²) in [6.45, 7) is 2.86. The van der Waals surface area contributed by atoms with Crippen LogP contribution in [0.3, 0.4) is 0 Å². The van der Waals surface area contributed by atoms with E-state index in [0.29, 0.717) is 16.7 Å². The molecule has 1 aliphatic heterocycles. The molecule has 0 amide bonds. The lowest BCUT2D eigenvalue weighted by Gasteiger charge is -2.27. The lowest BCUT2D eigenvalue weighted by Crippen LogP contribution is -2.38. The molecule has 1 rings (SSSR count). The zero-order valence-electron chi connectivity index (χ0n) is 11.5. The number of piperidine rings is 1. The first-order chi connectivity index (χ1) is 9.67. The zero-order valence-corrected chi connectivity index (χ0v) is 13.1. The topological polar surface area (TPSA) is 97.1 Å². The molecule has 20 heavy (non-hydrogen) atoms. The molecule has 114 valence electrons. The monoisotopic (exact) mass is 346 g/mol. The molecule has 1 atom stereocenters. The average Bonchev–Trinajstić information content (AvgIpc) is 2.45. The molecule has 0 aromatic heterocycles. The number of rotatable bonds is 7. The van der Waals surface area contributed by atoms with Gasteiger partial charge in [0.05, 0.1) is 0 Å². The number of hydrogen-bond acceptors (Lipinski definition) is 6. The molecule has 7 heteroatoms. The fraction of sp³-hybridized carbons (Fsp3) is 0.615. The fourth-order valence-electron chi connectivity index (χ4n) is 2.02. The van der Waals surface area contributed by atoms with Gasteiger partial charge in [0, 0.05) is 18.3 Å². The van der Waals surface area contributed by atoms with Gasteiger partial charge in [-0.3, -0.25) is 0 Å². The Hall–Kier alpha value is -1.05. The number of β-amino-alcohol motifs (C(OH)–C–C–N with tert-alkyl or cyclic N) is 1. The molecule has 1 heterocycles. The summed E-state index contributed by atoms with van der Waals surface area (Å²) in [5.41, 5.74) is 11.3. The maximum atomic E-state index is 9.89. The Kier molecular flexibility index (Phi) is 8.32. The van der Waals surface area contributed by atoms with Crippen molar-refractivity contribution in [2.45, 2.75) is 25.4 Å². The number of halogens is 1. The van der Waals surface area contributed by atoms with Gasteiger partial charge in [-0.05, 0) is 54.1 Å². The highest BCUT2D eigenvalue weighted by molar-refractivity contribution is 9.18. The van der Waals surface area contributed by atoms with Crippen LogP contribution in [0.4, 0.5) is 0 Å². The van der Waals surface area contributed by atoms with Crippen molar-refractivity contribution < 1.29 is 9.94 Å². The number of allylic oxidation sites excluding steroid dienone is 2. The fourth-order valence-corrected chi connectivity index (χ4v) is 2.39. The zero-order chi connectivity index (χ0) is 14.8. The smallest absolute Gasteiger partial charge is 0.154 e. The van der Waals surface area contributed by atoms with Gasteiger partial charge in [0.1, 0.15) is 12.7 Å². The van der Waals surface area contributed by atoms with Crippen molar-refractivity contribution in [2.75, 3.05) is 26.2 Å². The Bertz CT molecular complexity index is 365. The van der Waals surface area contributed by atoms with Crippen LogP contribution in [-0.4, -0.2) is 47.0 Å². The minimum Gasteiger partial charge on any atom is -0.405 e. The standard InChI is InChI=1S/C13H23BrN4O2/c14-13(11(8-16)4-5-15)17-20-10-12(19)9-18-6-2-1-3-7-18/h4-5,8,12,19H,1-3,6-7,9-10,15-16H2/b5-4-,11-8+,17-13-. The molecule has 0 saturated carbocycles. The van der Waals surface area contributed by atoms with E-state index < -0.39 is 6.10 Å².